The lowest BCUT2D eigenvalue weighted by atomic mass is 10.1. The lowest BCUT2D eigenvalue weighted by Crippen LogP contribution is -2.49. The number of sulfonamides is 1. The van der Waals surface area contributed by atoms with Crippen molar-refractivity contribution in [2.45, 2.75) is 17.4 Å². The van der Waals surface area contributed by atoms with Gasteiger partial charge in [-0.05, 0) is 29.1 Å². The monoisotopic (exact) mass is 487 g/mol. The minimum absolute atomic E-state index is 0.0568. The Morgan fingerprint density at radius 1 is 0.970 bits per heavy atom. The number of carbonyl (C=O) groups excluding carboxylic acids is 1. The third-order valence-corrected chi connectivity index (χ3v) is 8.58. The molecule has 2 heterocycles. The summed E-state index contributed by atoms with van der Waals surface area (Å²) in [5.74, 6) is -0.797. The largest absolute Gasteiger partial charge is 0.344 e. The van der Waals surface area contributed by atoms with Crippen LogP contribution in [-0.4, -0.2) is 56.3 Å². The van der Waals surface area contributed by atoms with E-state index in [1.165, 1.54) is 22.5 Å². The van der Waals surface area contributed by atoms with Gasteiger partial charge in [-0.15, -0.1) is 11.3 Å². The highest BCUT2D eigenvalue weighted by molar-refractivity contribution is 7.89. The summed E-state index contributed by atoms with van der Waals surface area (Å²) in [7, 11) is -3.87. The van der Waals surface area contributed by atoms with E-state index in [1.807, 2.05) is 47.8 Å². The van der Waals surface area contributed by atoms with Crippen LogP contribution in [0.25, 0.3) is 0 Å². The molecule has 1 aliphatic rings. The number of piperazine rings is 1. The van der Waals surface area contributed by atoms with Gasteiger partial charge in [0, 0.05) is 44.0 Å². The maximum Gasteiger partial charge on any atom is 0.246 e. The van der Waals surface area contributed by atoms with Crippen molar-refractivity contribution in [3.63, 3.8) is 0 Å². The number of halogens is 1. The Kier molecular flexibility index (Phi) is 7.54. The average Bonchev–Trinajstić information content (AvgIpc) is 3.37. The molecule has 1 unspecified atom stereocenters. The van der Waals surface area contributed by atoms with Crippen LogP contribution in [0.4, 0.5) is 4.39 Å². The molecule has 1 aliphatic heterocycles. The molecule has 0 saturated carbocycles. The fourth-order valence-electron chi connectivity index (χ4n) is 3.90. The summed E-state index contributed by atoms with van der Waals surface area (Å²) in [6.07, 6.45) is 0.314. The molecule has 1 aromatic heterocycles. The Labute approximate surface area is 197 Å². The summed E-state index contributed by atoms with van der Waals surface area (Å²) < 4.78 is 40.8. The minimum atomic E-state index is -3.87. The highest BCUT2D eigenvalue weighted by Gasteiger charge is 2.30. The SMILES string of the molecule is O=C(CCN1CCN(S(=O)(=O)c2ccccc2F)CC1)NC(c1ccccc1)c1cccs1. The van der Waals surface area contributed by atoms with Crippen LogP contribution < -0.4 is 5.32 Å². The van der Waals surface area contributed by atoms with Gasteiger partial charge in [0.2, 0.25) is 15.9 Å². The van der Waals surface area contributed by atoms with E-state index in [1.54, 1.807) is 11.3 Å². The molecule has 1 amide bonds. The van der Waals surface area contributed by atoms with Gasteiger partial charge in [-0.25, -0.2) is 12.8 Å². The topological polar surface area (TPSA) is 69.7 Å². The predicted molar refractivity (Wildman–Crippen MR) is 127 cm³/mol. The Hall–Kier alpha value is -2.59. The van der Waals surface area contributed by atoms with Gasteiger partial charge in [0.15, 0.2) is 0 Å². The van der Waals surface area contributed by atoms with Crippen LogP contribution in [0, 0.1) is 5.82 Å². The zero-order chi connectivity index (χ0) is 23.3. The number of thiophene rings is 1. The molecule has 1 fully saturated rings. The zero-order valence-electron chi connectivity index (χ0n) is 18.1. The summed E-state index contributed by atoms with van der Waals surface area (Å²) in [4.78, 5) is 15.6. The quantitative estimate of drug-likeness (QED) is 0.528. The van der Waals surface area contributed by atoms with Crippen molar-refractivity contribution >= 4 is 27.3 Å². The molecule has 0 radical (unpaired) electrons. The first-order chi connectivity index (χ1) is 15.9. The van der Waals surface area contributed by atoms with E-state index >= 15 is 0 Å². The molecule has 6 nitrogen and oxygen atoms in total. The van der Waals surface area contributed by atoms with Crippen LogP contribution in [0.5, 0.6) is 0 Å². The molecule has 1 atom stereocenters. The number of nitrogens with zero attached hydrogens (tertiary/aromatic N) is 2. The van der Waals surface area contributed by atoms with Crippen LogP contribution in [0.3, 0.4) is 0 Å². The lowest BCUT2D eigenvalue weighted by molar-refractivity contribution is -0.122. The second-order valence-electron chi connectivity index (χ2n) is 7.85. The van der Waals surface area contributed by atoms with E-state index in [-0.39, 0.29) is 29.9 Å². The van der Waals surface area contributed by atoms with Crippen molar-refractivity contribution < 1.29 is 17.6 Å². The molecule has 9 heteroatoms. The molecule has 33 heavy (non-hydrogen) atoms. The predicted octanol–water partition coefficient (Wildman–Crippen LogP) is 3.49. The molecule has 0 spiro atoms. The van der Waals surface area contributed by atoms with E-state index < -0.39 is 15.8 Å². The van der Waals surface area contributed by atoms with Crippen LogP contribution >= 0.6 is 11.3 Å². The molecule has 0 aliphatic carbocycles. The first-order valence-electron chi connectivity index (χ1n) is 10.8. The Bertz CT molecular complexity index is 1160. The van der Waals surface area contributed by atoms with Crippen molar-refractivity contribution in [1.82, 2.24) is 14.5 Å². The van der Waals surface area contributed by atoms with E-state index in [9.17, 15) is 17.6 Å². The Morgan fingerprint density at radius 3 is 2.33 bits per heavy atom. The van der Waals surface area contributed by atoms with Crippen LogP contribution in [-0.2, 0) is 14.8 Å². The molecule has 1 N–H and O–H groups in total. The summed E-state index contributed by atoms with van der Waals surface area (Å²) in [6, 6.07) is 19.1. The van der Waals surface area contributed by atoms with Gasteiger partial charge in [0.05, 0.1) is 6.04 Å². The van der Waals surface area contributed by atoms with Crippen LogP contribution in [0.2, 0.25) is 0 Å². The molecular weight excluding hydrogens is 461 g/mol. The van der Waals surface area contributed by atoms with E-state index in [4.69, 9.17) is 0 Å². The third kappa shape index (κ3) is 5.67. The summed E-state index contributed by atoms with van der Waals surface area (Å²) in [5, 5.41) is 5.13. The van der Waals surface area contributed by atoms with E-state index in [0.29, 0.717) is 26.1 Å². The molecule has 174 valence electrons. The van der Waals surface area contributed by atoms with Gasteiger partial charge in [-0.1, -0.05) is 48.5 Å². The number of hydrogen-bond donors (Lipinski definition) is 1. The van der Waals surface area contributed by atoms with Crippen molar-refractivity contribution in [2.24, 2.45) is 0 Å². The standard InChI is InChI=1S/C24H26FN3O3S2/c25-20-9-4-5-11-22(20)33(30,31)28-16-14-27(15-17-28)13-12-23(29)26-24(21-10-6-18-32-21)19-7-2-1-3-8-19/h1-11,18,24H,12-17H2,(H,26,29). The number of benzene rings is 2. The molecule has 1 saturated heterocycles. The maximum absolute atomic E-state index is 14.0. The van der Waals surface area contributed by atoms with Gasteiger partial charge < -0.3 is 10.2 Å². The number of carbonyl (C=O) groups is 1. The van der Waals surface area contributed by atoms with E-state index in [2.05, 4.69) is 10.2 Å². The summed E-state index contributed by atoms with van der Waals surface area (Å²) >= 11 is 1.60. The number of nitrogens with one attached hydrogen (secondary N) is 1. The normalized spacial score (nSPS) is 16.4. The molecule has 0 bridgehead atoms. The van der Waals surface area contributed by atoms with Gasteiger partial charge in [0.25, 0.3) is 0 Å². The second kappa shape index (κ2) is 10.6. The highest BCUT2D eigenvalue weighted by Crippen LogP contribution is 2.26. The summed E-state index contributed by atoms with van der Waals surface area (Å²) in [5.41, 5.74) is 1.03. The highest BCUT2D eigenvalue weighted by atomic mass is 32.2. The van der Waals surface area contributed by atoms with Crippen molar-refractivity contribution in [3.8, 4) is 0 Å². The zero-order valence-corrected chi connectivity index (χ0v) is 19.7. The Morgan fingerprint density at radius 2 is 1.67 bits per heavy atom. The Balaban J connectivity index is 1.31. The van der Waals surface area contributed by atoms with Gasteiger partial charge in [0.1, 0.15) is 10.7 Å². The van der Waals surface area contributed by atoms with Gasteiger partial charge in [-0.2, -0.15) is 4.31 Å². The number of rotatable bonds is 8. The second-order valence-corrected chi connectivity index (χ2v) is 10.7. The van der Waals surface area contributed by atoms with Crippen molar-refractivity contribution in [3.05, 3.63) is 88.4 Å². The third-order valence-electron chi connectivity index (χ3n) is 5.71. The summed E-state index contributed by atoms with van der Waals surface area (Å²) in [6.45, 7) is 2.05. The molecule has 4 rings (SSSR count). The van der Waals surface area contributed by atoms with Crippen molar-refractivity contribution in [2.75, 3.05) is 32.7 Å². The van der Waals surface area contributed by atoms with E-state index in [0.717, 1.165) is 16.5 Å². The fourth-order valence-corrected chi connectivity index (χ4v) is 6.19. The van der Waals surface area contributed by atoms with Crippen molar-refractivity contribution in [1.29, 1.82) is 0 Å². The van der Waals surface area contributed by atoms with Crippen LogP contribution in [0.15, 0.2) is 77.0 Å². The van der Waals surface area contributed by atoms with Crippen LogP contribution in [0.1, 0.15) is 22.9 Å². The molecule has 3 aromatic rings. The first-order valence-corrected chi connectivity index (χ1v) is 13.1. The fraction of sp³-hybridized carbons (Fsp3) is 0.292. The minimum Gasteiger partial charge on any atom is -0.344 e. The molecular formula is C24H26FN3O3S2. The number of amides is 1. The molecule has 2 aromatic carbocycles. The average molecular weight is 488 g/mol. The lowest BCUT2D eigenvalue weighted by Gasteiger charge is -2.34. The van der Waals surface area contributed by atoms with Gasteiger partial charge in [-0.3, -0.25) is 4.79 Å². The maximum atomic E-state index is 14.0. The first kappa shape index (κ1) is 23.6. The number of hydrogen-bond acceptors (Lipinski definition) is 5. The van der Waals surface area contributed by atoms with Gasteiger partial charge >= 0.3 is 0 Å². The smallest absolute Gasteiger partial charge is 0.246 e.